The smallest absolute Gasteiger partial charge is 0.310 e. The Morgan fingerprint density at radius 1 is 1.27 bits per heavy atom. The molecule has 2 N–H and O–H groups in total. The van der Waals surface area contributed by atoms with E-state index in [1.54, 1.807) is 14.1 Å². The molecule has 0 aliphatic carbocycles. The monoisotopic (exact) mass is 304 g/mol. The van der Waals surface area contributed by atoms with Gasteiger partial charge in [-0.05, 0) is 0 Å². The molecule has 2 aromatic heterocycles. The lowest BCUT2D eigenvalue weighted by Gasteiger charge is -2.21. The fourth-order valence-electron chi connectivity index (χ4n) is 1.97. The first kappa shape index (κ1) is 13.8. The van der Waals surface area contributed by atoms with E-state index in [4.69, 9.17) is 4.74 Å². The summed E-state index contributed by atoms with van der Waals surface area (Å²) in [6.45, 7) is 0. The maximum absolute atomic E-state index is 12.1. The number of carbonyl (C=O) groups is 1. The van der Waals surface area contributed by atoms with E-state index in [9.17, 15) is 14.4 Å². The highest BCUT2D eigenvalue weighted by Gasteiger charge is 2.29. The summed E-state index contributed by atoms with van der Waals surface area (Å²) in [5, 5.41) is 5.05. The summed E-state index contributed by atoms with van der Waals surface area (Å²) in [6.07, 6.45) is 1.17. The molecule has 0 atom stereocenters. The van der Waals surface area contributed by atoms with Crippen molar-refractivity contribution in [3.63, 3.8) is 0 Å². The summed E-state index contributed by atoms with van der Waals surface area (Å²) in [5.41, 5.74) is -1.16. The Morgan fingerprint density at radius 2 is 2.00 bits per heavy atom. The molecule has 3 rings (SSSR count). The Balaban J connectivity index is 2.21. The summed E-state index contributed by atoms with van der Waals surface area (Å²) in [7, 11) is 4.51. The molecule has 1 aliphatic heterocycles. The van der Waals surface area contributed by atoms with Crippen LogP contribution in [0.5, 0.6) is 11.5 Å². The molecule has 0 saturated carbocycles. The highest BCUT2D eigenvalue weighted by molar-refractivity contribution is 5.97. The van der Waals surface area contributed by atoms with E-state index < -0.39 is 17.0 Å². The molecular formula is C12H12N6O4. The molecule has 1 amide bonds. The zero-order valence-electron chi connectivity index (χ0n) is 12.0. The molecular weight excluding hydrogens is 292 g/mol. The van der Waals surface area contributed by atoms with Crippen LogP contribution in [-0.4, -0.2) is 44.7 Å². The second-order valence-electron chi connectivity index (χ2n) is 4.84. The fraction of sp³-hybridized carbons (Fsp3) is 0.250. The van der Waals surface area contributed by atoms with Gasteiger partial charge < -0.3 is 15.0 Å². The van der Waals surface area contributed by atoms with Gasteiger partial charge in [-0.3, -0.25) is 24.2 Å². The average Bonchev–Trinajstić information content (AvgIpc) is 2.50. The number of aromatic amines is 1. The lowest BCUT2D eigenvalue weighted by atomic mass is 10.2. The molecule has 0 bridgehead atoms. The molecule has 0 radical (unpaired) electrons. The molecule has 2 aromatic rings. The van der Waals surface area contributed by atoms with Gasteiger partial charge in [0.1, 0.15) is 6.33 Å². The van der Waals surface area contributed by atoms with E-state index in [1.165, 1.54) is 18.3 Å². The highest BCUT2D eigenvalue weighted by atomic mass is 16.5. The van der Waals surface area contributed by atoms with Gasteiger partial charge in [0.2, 0.25) is 11.5 Å². The maximum Gasteiger partial charge on any atom is 0.310 e. The normalized spacial score (nSPS) is 11.8. The number of fused-ring (bicyclic) bond motifs is 2. The summed E-state index contributed by atoms with van der Waals surface area (Å²) in [5.74, 6) is -0.463. The average molecular weight is 304 g/mol. The van der Waals surface area contributed by atoms with Crippen LogP contribution in [-0.2, 0) is 7.05 Å². The summed E-state index contributed by atoms with van der Waals surface area (Å²) in [4.78, 5) is 45.3. The third kappa shape index (κ3) is 1.92. The molecule has 22 heavy (non-hydrogen) atoms. The number of hydrogen-bond donors (Lipinski definition) is 2. The number of rotatable bonds is 1. The van der Waals surface area contributed by atoms with Crippen molar-refractivity contribution in [2.24, 2.45) is 7.05 Å². The molecule has 0 unspecified atom stereocenters. The molecule has 10 nitrogen and oxygen atoms in total. The van der Waals surface area contributed by atoms with Gasteiger partial charge in [-0.1, -0.05) is 0 Å². The highest BCUT2D eigenvalue weighted by Crippen LogP contribution is 2.38. The van der Waals surface area contributed by atoms with Gasteiger partial charge in [0.05, 0.1) is 0 Å². The minimum Gasteiger partial charge on any atom is -0.443 e. The maximum atomic E-state index is 12.1. The van der Waals surface area contributed by atoms with Crippen molar-refractivity contribution in [1.82, 2.24) is 24.6 Å². The minimum absolute atomic E-state index is 0.00418. The van der Waals surface area contributed by atoms with Gasteiger partial charge in [0, 0.05) is 21.1 Å². The third-order valence-corrected chi connectivity index (χ3v) is 3.08. The Bertz CT molecular complexity index is 897. The van der Waals surface area contributed by atoms with Crippen LogP contribution in [0.15, 0.2) is 15.9 Å². The number of nitrogens with one attached hydrogen (secondary N) is 2. The van der Waals surface area contributed by atoms with Crippen molar-refractivity contribution in [2.75, 3.05) is 19.4 Å². The van der Waals surface area contributed by atoms with Crippen LogP contribution in [0.1, 0.15) is 10.5 Å². The topological polar surface area (TPSA) is 122 Å². The van der Waals surface area contributed by atoms with Gasteiger partial charge in [-0.2, -0.15) is 0 Å². The van der Waals surface area contributed by atoms with Crippen molar-refractivity contribution < 1.29 is 9.53 Å². The zero-order chi connectivity index (χ0) is 16.0. The Labute approximate surface area is 123 Å². The van der Waals surface area contributed by atoms with E-state index in [-0.39, 0.29) is 28.7 Å². The van der Waals surface area contributed by atoms with Crippen LogP contribution in [0.25, 0.3) is 0 Å². The molecule has 0 saturated heterocycles. The number of aryl methyl sites for hydroxylation is 1. The first-order valence-corrected chi connectivity index (χ1v) is 6.25. The van der Waals surface area contributed by atoms with Crippen molar-refractivity contribution in [3.8, 4) is 11.5 Å². The molecule has 3 heterocycles. The first-order valence-electron chi connectivity index (χ1n) is 6.25. The number of aromatic nitrogens is 4. The predicted molar refractivity (Wildman–Crippen MR) is 75.7 cm³/mol. The van der Waals surface area contributed by atoms with E-state index in [0.717, 1.165) is 4.68 Å². The summed E-state index contributed by atoms with van der Waals surface area (Å²) < 4.78 is 6.48. The van der Waals surface area contributed by atoms with Gasteiger partial charge in [0.15, 0.2) is 17.2 Å². The second kappa shape index (κ2) is 4.69. The van der Waals surface area contributed by atoms with Crippen molar-refractivity contribution >= 4 is 17.4 Å². The van der Waals surface area contributed by atoms with Crippen LogP contribution in [0.4, 0.5) is 11.5 Å². The lowest BCUT2D eigenvalue weighted by Crippen LogP contribution is -2.32. The van der Waals surface area contributed by atoms with Crippen LogP contribution in [0.2, 0.25) is 0 Å². The molecule has 0 fully saturated rings. The number of H-pyrrole nitrogens is 1. The number of nitrogens with zero attached hydrogens (tertiary/aromatic N) is 4. The van der Waals surface area contributed by atoms with E-state index in [0.29, 0.717) is 0 Å². The number of carbonyl (C=O) groups excluding carboxylic acids is 1. The van der Waals surface area contributed by atoms with Gasteiger partial charge in [0.25, 0.3) is 11.5 Å². The largest absolute Gasteiger partial charge is 0.443 e. The molecule has 0 spiro atoms. The SMILES string of the molecule is CN(C)C(=O)c1ncnc2c1Oc1c(c(=O)[nH]n(C)c1=O)N2. The van der Waals surface area contributed by atoms with Gasteiger partial charge in [-0.15, -0.1) is 0 Å². The summed E-state index contributed by atoms with van der Waals surface area (Å²) >= 11 is 0. The molecule has 0 aromatic carbocycles. The van der Waals surface area contributed by atoms with Crippen molar-refractivity contribution in [2.45, 2.75) is 0 Å². The van der Waals surface area contributed by atoms with E-state index in [1.807, 2.05) is 0 Å². The van der Waals surface area contributed by atoms with E-state index >= 15 is 0 Å². The van der Waals surface area contributed by atoms with Crippen molar-refractivity contribution in [3.05, 3.63) is 32.7 Å². The van der Waals surface area contributed by atoms with Crippen LogP contribution >= 0.6 is 0 Å². The van der Waals surface area contributed by atoms with E-state index in [2.05, 4.69) is 20.4 Å². The lowest BCUT2D eigenvalue weighted by molar-refractivity contribution is 0.0819. The molecule has 10 heteroatoms. The quantitative estimate of drug-likeness (QED) is 0.616. The number of anilines is 2. The van der Waals surface area contributed by atoms with Crippen molar-refractivity contribution in [1.29, 1.82) is 0 Å². The van der Waals surface area contributed by atoms with Gasteiger partial charge >= 0.3 is 5.56 Å². The molecule has 114 valence electrons. The standard InChI is InChI=1S/C12H12N6O4/c1-17(2)11(20)6-7-9(14-4-13-6)15-5-8(22-7)12(21)18(3)16-10(5)19/h4H,1-3H3,(H,16,19)(H,13,14,15). The first-order chi connectivity index (χ1) is 10.4. The zero-order valence-corrected chi connectivity index (χ0v) is 12.0. The Morgan fingerprint density at radius 3 is 2.68 bits per heavy atom. The second-order valence-corrected chi connectivity index (χ2v) is 4.84. The Hall–Kier alpha value is -3.17. The number of hydrogen-bond acceptors (Lipinski definition) is 7. The number of amides is 1. The van der Waals surface area contributed by atoms with Crippen LogP contribution < -0.4 is 21.2 Å². The predicted octanol–water partition coefficient (Wildman–Crippen LogP) is -0.585. The van der Waals surface area contributed by atoms with Crippen LogP contribution in [0, 0.1) is 0 Å². The molecule has 1 aliphatic rings. The minimum atomic E-state index is -0.556. The number of ether oxygens (including phenoxy) is 1. The van der Waals surface area contributed by atoms with Crippen LogP contribution in [0.3, 0.4) is 0 Å². The summed E-state index contributed by atoms with van der Waals surface area (Å²) in [6, 6.07) is 0. The third-order valence-electron chi connectivity index (χ3n) is 3.08. The fourth-order valence-corrected chi connectivity index (χ4v) is 1.97. The Kier molecular flexibility index (Phi) is 2.94. The van der Waals surface area contributed by atoms with Gasteiger partial charge in [-0.25, -0.2) is 9.97 Å².